The van der Waals surface area contributed by atoms with Gasteiger partial charge in [-0.1, -0.05) is 6.92 Å². The summed E-state index contributed by atoms with van der Waals surface area (Å²) in [5.74, 6) is 0.692. The fourth-order valence-corrected chi connectivity index (χ4v) is 1.76. The van der Waals surface area contributed by atoms with Crippen molar-refractivity contribution < 1.29 is 4.79 Å². The number of nitrogens with zero attached hydrogens (tertiary/aromatic N) is 1. The highest BCUT2D eigenvalue weighted by atomic mass is 35.5. The first-order valence-corrected chi connectivity index (χ1v) is 4.92. The molecule has 0 aromatic rings. The van der Waals surface area contributed by atoms with Crippen LogP contribution in [0, 0.1) is 5.92 Å². The average Bonchev–Trinajstić information content (AvgIpc) is 2.32. The maximum atomic E-state index is 11.5. The zero-order valence-corrected chi connectivity index (χ0v) is 8.64. The number of halogens is 1. The van der Waals surface area contributed by atoms with Crippen molar-refractivity contribution >= 4 is 17.5 Å². The number of amides is 1. The smallest absolute Gasteiger partial charge is 0.240 e. The van der Waals surface area contributed by atoms with Gasteiger partial charge in [-0.2, -0.15) is 0 Å². The molecular weight excluding hydrogens is 174 g/mol. The number of carbonyl (C=O) groups is 1. The van der Waals surface area contributed by atoms with Gasteiger partial charge >= 0.3 is 0 Å². The summed E-state index contributed by atoms with van der Waals surface area (Å²) >= 11 is 5.73. The first-order valence-electron chi connectivity index (χ1n) is 4.48. The molecule has 0 aromatic heterocycles. The van der Waals surface area contributed by atoms with E-state index in [1.54, 1.807) is 6.92 Å². The molecule has 0 bridgehead atoms. The summed E-state index contributed by atoms with van der Waals surface area (Å²) in [4.78, 5) is 13.4. The molecule has 3 unspecified atom stereocenters. The Hall–Kier alpha value is -0.240. The van der Waals surface area contributed by atoms with Crippen molar-refractivity contribution in [2.45, 2.75) is 38.6 Å². The summed E-state index contributed by atoms with van der Waals surface area (Å²) in [6, 6.07) is 0.360. The second kappa shape index (κ2) is 3.65. The molecule has 0 saturated carbocycles. The van der Waals surface area contributed by atoms with E-state index in [9.17, 15) is 4.79 Å². The van der Waals surface area contributed by atoms with E-state index in [4.69, 9.17) is 11.6 Å². The van der Waals surface area contributed by atoms with E-state index in [2.05, 4.69) is 13.8 Å². The number of hydrogen-bond acceptors (Lipinski definition) is 1. The normalized spacial score (nSPS) is 32.2. The quantitative estimate of drug-likeness (QED) is 0.577. The fraction of sp³-hybridized carbons (Fsp3) is 0.889. The fourth-order valence-electron chi connectivity index (χ4n) is 1.63. The van der Waals surface area contributed by atoms with Gasteiger partial charge in [-0.25, -0.2) is 0 Å². The highest BCUT2D eigenvalue weighted by Crippen LogP contribution is 2.24. The maximum absolute atomic E-state index is 11.5. The number of hydrogen-bond donors (Lipinski definition) is 0. The van der Waals surface area contributed by atoms with Crippen molar-refractivity contribution in [2.75, 3.05) is 6.54 Å². The van der Waals surface area contributed by atoms with Crippen LogP contribution in [0.5, 0.6) is 0 Å². The van der Waals surface area contributed by atoms with Gasteiger partial charge in [0, 0.05) is 12.6 Å². The third-order valence-electron chi connectivity index (χ3n) is 2.76. The molecule has 0 radical (unpaired) electrons. The SMILES string of the molecule is CC(Cl)C(=O)N1CCC(C)C1C. The van der Waals surface area contributed by atoms with Gasteiger partial charge in [-0.15, -0.1) is 11.6 Å². The number of alkyl halides is 1. The van der Waals surface area contributed by atoms with Crippen LogP contribution in [0.3, 0.4) is 0 Å². The van der Waals surface area contributed by atoms with Crippen LogP contribution in [-0.2, 0) is 4.79 Å². The minimum Gasteiger partial charge on any atom is -0.338 e. The Morgan fingerprint density at radius 2 is 2.17 bits per heavy atom. The van der Waals surface area contributed by atoms with Crippen LogP contribution in [-0.4, -0.2) is 28.8 Å². The van der Waals surface area contributed by atoms with Crippen molar-refractivity contribution in [2.24, 2.45) is 5.92 Å². The Kier molecular flexibility index (Phi) is 2.99. The van der Waals surface area contributed by atoms with Crippen LogP contribution in [0.1, 0.15) is 27.2 Å². The summed E-state index contributed by atoms with van der Waals surface area (Å²) in [7, 11) is 0. The summed E-state index contributed by atoms with van der Waals surface area (Å²) < 4.78 is 0. The lowest BCUT2D eigenvalue weighted by molar-refractivity contribution is -0.131. The first kappa shape index (κ1) is 9.85. The molecule has 1 rings (SSSR count). The van der Waals surface area contributed by atoms with Gasteiger partial charge in [0.15, 0.2) is 0 Å². The molecule has 0 spiro atoms. The Morgan fingerprint density at radius 1 is 1.58 bits per heavy atom. The lowest BCUT2D eigenvalue weighted by Crippen LogP contribution is -2.39. The van der Waals surface area contributed by atoms with Gasteiger partial charge in [-0.05, 0) is 26.2 Å². The van der Waals surface area contributed by atoms with E-state index in [-0.39, 0.29) is 11.3 Å². The molecule has 3 atom stereocenters. The second-order valence-corrected chi connectivity index (χ2v) is 4.31. The van der Waals surface area contributed by atoms with Crippen LogP contribution in [0.15, 0.2) is 0 Å². The maximum Gasteiger partial charge on any atom is 0.240 e. The molecule has 3 heteroatoms. The van der Waals surface area contributed by atoms with E-state index in [1.165, 1.54) is 0 Å². The predicted molar refractivity (Wildman–Crippen MR) is 50.3 cm³/mol. The molecule has 2 nitrogen and oxygen atoms in total. The zero-order valence-electron chi connectivity index (χ0n) is 7.88. The molecule has 12 heavy (non-hydrogen) atoms. The van der Waals surface area contributed by atoms with E-state index in [0.29, 0.717) is 12.0 Å². The van der Waals surface area contributed by atoms with Crippen molar-refractivity contribution in [3.05, 3.63) is 0 Å². The van der Waals surface area contributed by atoms with Gasteiger partial charge < -0.3 is 4.90 Å². The molecule has 1 fully saturated rings. The van der Waals surface area contributed by atoms with Crippen molar-refractivity contribution in [3.8, 4) is 0 Å². The summed E-state index contributed by atoms with van der Waals surface area (Å²) in [6.07, 6.45) is 1.11. The molecule has 1 aliphatic rings. The summed E-state index contributed by atoms with van der Waals surface area (Å²) in [6.45, 7) is 6.88. The van der Waals surface area contributed by atoms with Crippen LogP contribution in [0.25, 0.3) is 0 Å². The van der Waals surface area contributed by atoms with Crippen molar-refractivity contribution in [1.29, 1.82) is 0 Å². The molecule has 1 heterocycles. The van der Waals surface area contributed by atoms with Crippen LogP contribution < -0.4 is 0 Å². The molecule has 0 aliphatic carbocycles. The predicted octanol–water partition coefficient (Wildman–Crippen LogP) is 1.87. The van der Waals surface area contributed by atoms with Gasteiger partial charge in [0.1, 0.15) is 5.38 Å². The first-order chi connectivity index (χ1) is 5.54. The highest BCUT2D eigenvalue weighted by molar-refractivity contribution is 6.30. The van der Waals surface area contributed by atoms with Gasteiger partial charge in [0.2, 0.25) is 5.91 Å². The Labute approximate surface area is 78.9 Å². The van der Waals surface area contributed by atoms with Crippen molar-refractivity contribution in [1.82, 2.24) is 4.90 Å². The Morgan fingerprint density at radius 3 is 2.50 bits per heavy atom. The van der Waals surface area contributed by atoms with Crippen LogP contribution in [0.4, 0.5) is 0 Å². The van der Waals surface area contributed by atoms with Crippen LogP contribution >= 0.6 is 11.6 Å². The standard InChI is InChI=1S/C9H16ClNO/c1-6-4-5-11(8(6)3)9(12)7(2)10/h6-8H,4-5H2,1-3H3. The largest absolute Gasteiger partial charge is 0.338 e. The molecule has 1 saturated heterocycles. The molecule has 0 aromatic carbocycles. The zero-order chi connectivity index (χ0) is 9.30. The molecular formula is C9H16ClNO. The molecule has 1 aliphatic heterocycles. The third-order valence-corrected chi connectivity index (χ3v) is 2.95. The average molecular weight is 190 g/mol. The topological polar surface area (TPSA) is 20.3 Å². The third kappa shape index (κ3) is 1.74. The lowest BCUT2D eigenvalue weighted by atomic mass is 10.1. The monoisotopic (exact) mass is 189 g/mol. The number of rotatable bonds is 1. The van der Waals surface area contributed by atoms with E-state index in [0.717, 1.165) is 13.0 Å². The van der Waals surface area contributed by atoms with Crippen molar-refractivity contribution in [3.63, 3.8) is 0 Å². The van der Waals surface area contributed by atoms with Gasteiger partial charge in [-0.3, -0.25) is 4.79 Å². The van der Waals surface area contributed by atoms with Crippen LogP contribution in [0.2, 0.25) is 0 Å². The molecule has 0 N–H and O–H groups in total. The second-order valence-electron chi connectivity index (χ2n) is 3.65. The minimum atomic E-state index is -0.377. The molecule has 70 valence electrons. The number of carbonyl (C=O) groups excluding carboxylic acids is 1. The highest BCUT2D eigenvalue weighted by Gasteiger charge is 2.32. The minimum absolute atomic E-state index is 0.0773. The lowest BCUT2D eigenvalue weighted by Gasteiger charge is -2.24. The van der Waals surface area contributed by atoms with Gasteiger partial charge in [0.05, 0.1) is 0 Å². The number of likely N-dealkylation sites (tertiary alicyclic amines) is 1. The Balaban J connectivity index is 2.59. The van der Waals surface area contributed by atoms with Gasteiger partial charge in [0.25, 0.3) is 0 Å². The summed E-state index contributed by atoms with van der Waals surface area (Å²) in [5.41, 5.74) is 0. The van der Waals surface area contributed by atoms with E-state index in [1.807, 2.05) is 4.90 Å². The Bertz CT molecular complexity index is 181. The van der Waals surface area contributed by atoms with E-state index >= 15 is 0 Å². The van der Waals surface area contributed by atoms with E-state index < -0.39 is 0 Å². The molecule has 1 amide bonds. The summed E-state index contributed by atoms with van der Waals surface area (Å²) in [5, 5.41) is -0.377.